The number of hydrogen-bond donors (Lipinski definition) is 1. The van der Waals surface area contributed by atoms with E-state index in [1.807, 2.05) is 12.1 Å². The topological polar surface area (TPSA) is 46.6 Å². The van der Waals surface area contributed by atoms with Crippen molar-refractivity contribution in [2.75, 3.05) is 26.3 Å². The second kappa shape index (κ2) is 8.48. The Balaban J connectivity index is 1.20. The van der Waals surface area contributed by atoms with Crippen molar-refractivity contribution in [1.82, 2.24) is 15.2 Å². The molecule has 29 heavy (non-hydrogen) atoms. The van der Waals surface area contributed by atoms with Gasteiger partial charge in [0.25, 0.3) is 0 Å². The van der Waals surface area contributed by atoms with Gasteiger partial charge in [0.2, 0.25) is 0 Å². The minimum Gasteiger partial charge on any atom is -0.486 e. The van der Waals surface area contributed by atoms with Gasteiger partial charge in [-0.05, 0) is 56.1 Å². The Hall–Kier alpha value is -1.86. The molecule has 0 spiro atoms. The average molecular weight is 430 g/mol. The Morgan fingerprint density at radius 3 is 2.62 bits per heavy atom. The van der Waals surface area contributed by atoms with E-state index in [2.05, 4.69) is 21.7 Å². The smallest absolute Gasteiger partial charge is 0.169 e. The summed E-state index contributed by atoms with van der Waals surface area (Å²) >= 11 is 7.44. The molecule has 154 valence electrons. The minimum absolute atomic E-state index is 0.525. The van der Waals surface area contributed by atoms with Gasteiger partial charge in [-0.2, -0.15) is 0 Å². The molecule has 3 heterocycles. The third kappa shape index (κ3) is 4.21. The van der Waals surface area contributed by atoms with Gasteiger partial charge in [0.1, 0.15) is 13.2 Å². The van der Waals surface area contributed by atoms with Crippen LogP contribution in [0.2, 0.25) is 0 Å². The molecule has 2 aromatic rings. The van der Waals surface area contributed by atoms with Crippen molar-refractivity contribution in [3.05, 3.63) is 28.6 Å². The molecule has 0 unspecified atom stereocenters. The van der Waals surface area contributed by atoms with Crippen LogP contribution in [0, 0.1) is 0 Å². The molecule has 1 saturated heterocycles. The van der Waals surface area contributed by atoms with Gasteiger partial charge in [0.15, 0.2) is 16.6 Å². The van der Waals surface area contributed by atoms with Gasteiger partial charge in [0.05, 0.1) is 10.7 Å². The van der Waals surface area contributed by atoms with Crippen molar-refractivity contribution < 1.29 is 9.47 Å². The van der Waals surface area contributed by atoms with Gasteiger partial charge < -0.3 is 19.7 Å². The molecule has 5 nitrogen and oxygen atoms in total. The van der Waals surface area contributed by atoms with Crippen molar-refractivity contribution in [3.8, 4) is 22.8 Å². The maximum atomic E-state index is 5.72. The van der Waals surface area contributed by atoms with Crippen LogP contribution in [0.1, 0.15) is 49.5 Å². The lowest BCUT2D eigenvalue weighted by molar-refractivity contribution is 0.171. The molecule has 0 amide bonds. The van der Waals surface area contributed by atoms with E-state index in [1.165, 1.54) is 30.7 Å². The summed E-state index contributed by atoms with van der Waals surface area (Å²) in [5.41, 5.74) is 2.12. The molecule has 5 rings (SSSR count). The molecule has 3 aliphatic rings. The van der Waals surface area contributed by atoms with E-state index in [-0.39, 0.29) is 0 Å². The van der Waals surface area contributed by atoms with Crippen LogP contribution < -0.4 is 14.8 Å². The van der Waals surface area contributed by atoms with E-state index in [0.717, 1.165) is 53.8 Å². The molecule has 1 saturated carbocycles. The SMILES string of the molecule is S=C(NC1CCCC1)N1CCC(c2nc(-c3ccc4c(c3)OCCO4)cs2)CC1. The van der Waals surface area contributed by atoms with Gasteiger partial charge in [-0.3, -0.25) is 0 Å². The maximum Gasteiger partial charge on any atom is 0.169 e. The molecular formula is C22H27N3O2S2. The molecule has 0 atom stereocenters. The first-order valence-corrected chi connectivity index (χ1v) is 12.0. The molecule has 1 aromatic heterocycles. The largest absolute Gasteiger partial charge is 0.486 e. The molecular weight excluding hydrogens is 402 g/mol. The molecule has 2 fully saturated rings. The van der Waals surface area contributed by atoms with Gasteiger partial charge in [-0.1, -0.05) is 12.8 Å². The third-order valence-corrected chi connectivity index (χ3v) is 7.56. The Kier molecular flexibility index (Phi) is 5.59. The van der Waals surface area contributed by atoms with Crippen molar-refractivity contribution in [2.45, 2.75) is 50.5 Å². The monoisotopic (exact) mass is 429 g/mol. The number of likely N-dealkylation sites (tertiary alicyclic amines) is 1. The highest BCUT2D eigenvalue weighted by atomic mass is 32.1. The highest BCUT2D eigenvalue weighted by Crippen LogP contribution is 2.37. The fourth-order valence-corrected chi connectivity index (χ4v) is 5.83. The van der Waals surface area contributed by atoms with Crippen LogP contribution in [-0.4, -0.2) is 47.3 Å². The normalized spacial score (nSPS) is 20.1. The summed E-state index contributed by atoms with van der Waals surface area (Å²) in [5.74, 6) is 2.17. The summed E-state index contributed by atoms with van der Waals surface area (Å²) in [6, 6.07) is 6.69. The van der Waals surface area contributed by atoms with Crippen molar-refractivity contribution in [1.29, 1.82) is 0 Å². The summed E-state index contributed by atoms with van der Waals surface area (Å²) in [6.45, 7) is 3.25. The van der Waals surface area contributed by atoms with Crippen LogP contribution in [0.4, 0.5) is 0 Å². The number of fused-ring (bicyclic) bond motifs is 1. The number of benzene rings is 1. The van der Waals surface area contributed by atoms with Crippen LogP contribution in [0.15, 0.2) is 23.6 Å². The van der Waals surface area contributed by atoms with E-state index in [1.54, 1.807) is 11.3 Å². The van der Waals surface area contributed by atoms with E-state index >= 15 is 0 Å². The Bertz CT molecular complexity index is 871. The second-order valence-corrected chi connectivity index (χ2v) is 9.40. The van der Waals surface area contributed by atoms with Gasteiger partial charge >= 0.3 is 0 Å². The van der Waals surface area contributed by atoms with Crippen LogP contribution in [-0.2, 0) is 0 Å². The molecule has 2 aliphatic heterocycles. The highest BCUT2D eigenvalue weighted by Gasteiger charge is 2.26. The zero-order chi connectivity index (χ0) is 19.6. The predicted molar refractivity (Wildman–Crippen MR) is 120 cm³/mol. The number of thiazole rings is 1. The summed E-state index contributed by atoms with van der Waals surface area (Å²) in [6.07, 6.45) is 7.41. The number of nitrogens with zero attached hydrogens (tertiary/aromatic N) is 2. The maximum absolute atomic E-state index is 5.72. The highest BCUT2D eigenvalue weighted by molar-refractivity contribution is 7.80. The first-order chi connectivity index (χ1) is 14.3. The molecule has 1 aromatic carbocycles. The van der Waals surface area contributed by atoms with Gasteiger partial charge in [-0.15, -0.1) is 11.3 Å². The van der Waals surface area contributed by atoms with Crippen LogP contribution >= 0.6 is 23.6 Å². The average Bonchev–Trinajstić information content (AvgIpc) is 3.46. The van der Waals surface area contributed by atoms with Crippen LogP contribution in [0.5, 0.6) is 11.5 Å². The number of hydrogen-bond acceptors (Lipinski definition) is 5. The summed E-state index contributed by atoms with van der Waals surface area (Å²) in [7, 11) is 0. The molecule has 1 N–H and O–H groups in total. The fraction of sp³-hybridized carbons (Fsp3) is 0.545. The zero-order valence-electron chi connectivity index (χ0n) is 16.6. The van der Waals surface area contributed by atoms with Crippen molar-refractivity contribution in [2.24, 2.45) is 0 Å². The first-order valence-electron chi connectivity index (χ1n) is 10.7. The van der Waals surface area contributed by atoms with Gasteiger partial charge in [0, 0.05) is 36.0 Å². The second-order valence-electron chi connectivity index (χ2n) is 8.12. The molecule has 7 heteroatoms. The number of rotatable bonds is 3. The fourth-order valence-electron chi connectivity index (χ4n) is 4.48. The minimum atomic E-state index is 0.525. The molecule has 1 aliphatic carbocycles. The summed E-state index contributed by atoms with van der Waals surface area (Å²) in [4.78, 5) is 7.31. The van der Waals surface area contributed by atoms with Crippen LogP contribution in [0.25, 0.3) is 11.3 Å². The lowest BCUT2D eigenvalue weighted by Crippen LogP contribution is -2.46. The van der Waals surface area contributed by atoms with Crippen LogP contribution in [0.3, 0.4) is 0 Å². The summed E-state index contributed by atoms with van der Waals surface area (Å²) < 4.78 is 11.3. The van der Waals surface area contributed by atoms with E-state index in [0.29, 0.717) is 25.2 Å². The number of piperidine rings is 1. The number of ether oxygens (including phenoxy) is 2. The Morgan fingerprint density at radius 2 is 1.83 bits per heavy atom. The number of aromatic nitrogens is 1. The lowest BCUT2D eigenvalue weighted by atomic mass is 9.98. The van der Waals surface area contributed by atoms with E-state index in [4.69, 9.17) is 26.7 Å². The van der Waals surface area contributed by atoms with Crippen molar-refractivity contribution in [3.63, 3.8) is 0 Å². The predicted octanol–water partition coefficient (Wildman–Crippen LogP) is 4.58. The number of nitrogens with one attached hydrogen (secondary N) is 1. The third-order valence-electron chi connectivity index (χ3n) is 6.17. The van der Waals surface area contributed by atoms with E-state index in [9.17, 15) is 0 Å². The number of thiocarbonyl (C=S) groups is 1. The first kappa shape index (κ1) is 19.1. The zero-order valence-corrected chi connectivity index (χ0v) is 18.2. The Labute approximate surface area is 181 Å². The molecule has 0 radical (unpaired) electrons. The summed E-state index contributed by atoms with van der Waals surface area (Å²) in [5, 5.41) is 7.93. The van der Waals surface area contributed by atoms with E-state index < -0.39 is 0 Å². The standard InChI is InChI=1S/C22H27N3O2S2/c28-22(23-17-3-1-2-4-17)25-9-7-15(8-10-25)21-24-18(14-29-21)16-5-6-19-20(13-16)27-12-11-26-19/h5-6,13-15,17H,1-4,7-12H2,(H,23,28). The van der Waals surface area contributed by atoms with Crippen molar-refractivity contribution >= 4 is 28.7 Å². The lowest BCUT2D eigenvalue weighted by Gasteiger charge is -2.34. The quantitative estimate of drug-likeness (QED) is 0.721. The molecule has 0 bridgehead atoms. The van der Waals surface area contributed by atoms with Gasteiger partial charge in [-0.25, -0.2) is 4.98 Å². The Morgan fingerprint density at radius 1 is 1.07 bits per heavy atom.